The molecular formula is C28H21N5O2. The number of esters is 1. The Bertz CT molecular complexity index is 1570. The number of aromatic nitrogens is 4. The highest BCUT2D eigenvalue weighted by molar-refractivity contribution is 6.07. The number of fused-ring (bicyclic) bond motifs is 1. The van der Waals surface area contributed by atoms with Gasteiger partial charge in [0.25, 0.3) is 0 Å². The molecule has 0 saturated heterocycles. The normalized spacial score (nSPS) is 10.7. The number of nitrogens with zero attached hydrogens (tertiary/aromatic N) is 5. The molecule has 0 aliphatic rings. The molecule has 0 aliphatic heterocycles. The summed E-state index contributed by atoms with van der Waals surface area (Å²) in [7, 11) is 0. The number of hydrogen-bond acceptors (Lipinski definition) is 6. The van der Waals surface area contributed by atoms with Crippen LogP contribution in [0.2, 0.25) is 0 Å². The average molecular weight is 460 g/mol. The van der Waals surface area contributed by atoms with Crippen LogP contribution in [0.3, 0.4) is 0 Å². The third kappa shape index (κ3) is 4.50. The van der Waals surface area contributed by atoms with Gasteiger partial charge in [-0.15, -0.1) is 5.10 Å². The van der Waals surface area contributed by atoms with Crippen molar-refractivity contribution in [1.82, 2.24) is 20.0 Å². The number of rotatable bonds is 6. The highest BCUT2D eigenvalue weighted by Gasteiger charge is 2.22. The highest BCUT2D eigenvalue weighted by Crippen LogP contribution is 2.33. The van der Waals surface area contributed by atoms with Crippen LogP contribution in [0, 0.1) is 18.3 Å². The van der Waals surface area contributed by atoms with E-state index in [0.29, 0.717) is 29.1 Å². The van der Waals surface area contributed by atoms with Gasteiger partial charge < -0.3 is 4.74 Å². The van der Waals surface area contributed by atoms with Crippen LogP contribution in [0.1, 0.15) is 32.9 Å². The molecule has 3 aromatic carbocycles. The van der Waals surface area contributed by atoms with Crippen molar-refractivity contribution in [2.45, 2.75) is 20.1 Å². The third-order valence-electron chi connectivity index (χ3n) is 5.75. The average Bonchev–Trinajstić information content (AvgIpc) is 3.34. The minimum Gasteiger partial charge on any atom is -0.455 e. The molecule has 0 aliphatic carbocycles. The molecule has 0 N–H and O–H groups in total. The van der Waals surface area contributed by atoms with Crippen LogP contribution in [0.15, 0.2) is 85.1 Å². The monoisotopic (exact) mass is 459 g/mol. The predicted molar refractivity (Wildman–Crippen MR) is 131 cm³/mol. The van der Waals surface area contributed by atoms with E-state index in [0.717, 1.165) is 27.6 Å². The molecule has 0 spiro atoms. The summed E-state index contributed by atoms with van der Waals surface area (Å²) in [5.41, 5.74) is 5.52. The summed E-state index contributed by atoms with van der Waals surface area (Å²) in [5, 5.41) is 18.4. The molecule has 7 nitrogen and oxygen atoms in total. The van der Waals surface area contributed by atoms with Crippen LogP contribution >= 0.6 is 0 Å². The summed E-state index contributed by atoms with van der Waals surface area (Å²) in [5.74, 6) is -0.469. The smallest absolute Gasteiger partial charge is 0.341 e. The summed E-state index contributed by atoms with van der Waals surface area (Å²) in [6.45, 7) is 2.19. The molecule has 35 heavy (non-hydrogen) atoms. The molecule has 0 saturated carbocycles. The van der Waals surface area contributed by atoms with Gasteiger partial charge in [0.1, 0.15) is 12.3 Å². The molecule has 0 atom stereocenters. The summed E-state index contributed by atoms with van der Waals surface area (Å²) >= 11 is 0. The quantitative estimate of drug-likeness (QED) is 0.329. The fourth-order valence-corrected chi connectivity index (χ4v) is 4.12. The Morgan fingerprint density at radius 1 is 1.00 bits per heavy atom. The second-order valence-electron chi connectivity index (χ2n) is 8.08. The molecule has 0 radical (unpaired) electrons. The summed E-state index contributed by atoms with van der Waals surface area (Å²) in [4.78, 5) is 18.0. The molecule has 170 valence electrons. The van der Waals surface area contributed by atoms with Gasteiger partial charge in [-0.3, -0.25) is 4.98 Å². The van der Waals surface area contributed by atoms with Gasteiger partial charge in [-0.05, 0) is 30.2 Å². The fourth-order valence-electron chi connectivity index (χ4n) is 4.12. The zero-order valence-corrected chi connectivity index (χ0v) is 19.0. The van der Waals surface area contributed by atoms with E-state index in [4.69, 9.17) is 4.74 Å². The molecular weight excluding hydrogens is 438 g/mol. The Labute approximate surface area is 202 Å². The SMILES string of the molecule is Cc1nc2ccccc2c(-c2ccccc2)c1C(=O)OCc1cn(Cc2ccccc2C#N)nn1. The van der Waals surface area contributed by atoms with E-state index in [1.165, 1.54) is 0 Å². The second kappa shape index (κ2) is 9.57. The van der Waals surface area contributed by atoms with Crippen molar-refractivity contribution >= 4 is 16.9 Å². The van der Waals surface area contributed by atoms with E-state index in [1.54, 1.807) is 16.9 Å². The van der Waals surface area contributed by atoms with Gasteiger partial charge in [0, 0.05) is 10.9 Å². The zero-order chi connectivity index (χ0) is 24.2. The topological polar surface area (TPSA) is 93.7 Å². The molecule has 7 heteroatoms. The van der Waals surface area contributed by atoms with E-state index in [9.17, 15) is 10.1 Å². The molecule has 5 rings (SSSR count). The largest absolute Gasteiger partial charge is 0.455 e. The Hall–Kier alpha value is -4.83. The minimum atomic E-state index is -0.469. The fraction of sp³-hybridized carbons (Fsp3) is 0.107. The molecule has 2 aromatic heterocycles. The second-order valence-corrected chi connectivity index (χ2v) is 8.08. The Morgan fingerprint density at radius 3 is 2.57 bits per heavy atom. The van der Waals surface area contributed by atoms with E-state index >= 15 is 0 Å². The number of benzene rings is 3. The molecule has 0 fully saturated rings. The molecule has 0 unspecified atom stereocenters. The van der Waals surface area contributed by atoms with Gasteiger partial charge in [0.05, 0.1) is 41.1 Å². The van der Waals surface area contributed by atoms with Crippen molar-refractivity contribution in [3.63, 3.8) is 0 Å². The van der Waals surface area contributed by atoms with Crippen molar-refractivity contribution in [3.05, 3.63) is 113 Å². The lowest BCUT2D eigenvalue weighted by atomic mass is 9.94. The lowest BCUT2D eigenvalue weighted by Crippen LogP contribution is -2.11. The molecule has 0 amide bonds. The minimum absolute atomic E-state index is 0.0285. The Morgan fingerprint density at radius 2 is 1.74 bits per heavy atom. The van der Waals surface area contributed by atoms with Crippen LogP contribution in [0.25, 0.3) is 22.0 Å². The van der Waals surface area contributed by atoms with Crippen molar-refractivity contribution in [2.75, 3.05) is 0 Å². The Kier molecular flexibility index (Phi) is 6.01. The van der Waals surface area contributed by atoms with Crippen molar-refractivity contribution in [2.24, 2.45) is 0 Å². The van der Waals surface area contributed by atoms with Crippen molar-refractivity contribution in [1.29, 1.82) is 5.26 Å². The summed E-state index contributed by atoms with van der Waals surface area (Å²) < 4.78 is 7.29. The van der Waals surface area contributed by atoms with E-state index in [2.05, 4.69) is 21.4 Å². The number of carbonyl (C=O) groups is 1. The first-order chi connectivity index (χ1) is 17.1. The Balaban J connectivity index is 1.41. The van der Waals surface area contributed by atoms with E-state index in [1.807, 2.05) is 79.7 Å². The standard InChI is InChI=1S/C28H21N5O2/c1-19-26(27(20-9-3-2-4-10-20)24-13-7-8-14-25(24)30-19)28(34)35-18-23-17-33(32-31-23)16-22-12-6-5-11-21(22)15-29/h2-14,17H,16,18H2,1H3. The van der Waals surface area contributed by atoms with Gasteiger partial charge in [-0.2, -0.15) is 5.26 Å². The molecule has 0 bridgehead atoms. The van der Waals surface area contributed by atoms with Gasteiger partial charge in [0.2, 0.25) is 0 Å². The van der Waals surface area contributed by atoms with Gasteiger partial charge >= 0.3 is 5.97 Å². The number of ether oxygens (including phenoxy) is 1. The number of carbonyl (C=O) groups excluding carboxylic acids is 1. The van der Waals surface area contributed by atoms with Crippen LogP contribution in [-0.4, -0.2) is 25.9 Å². The zero-order valence-electron chi connectivity index (χ0n) is 19.0. The van der Waals surface area contributed by atoms with E-state index < -0.39 is 5.97 Å². The molecule has 5 aromatic rings. The number of para-hydroxylation sites is 1. The first kappa shape index (κ1) is 22.0. The maximum Gasteiger partial charge on any atom is 0.341 e. The van der Waals surface area contributed by atoms with Crippen LogP contribution in [0.4, 0.5) is 0 Å². The lowest BCUT2D eigenvalue weighted by Gasteiger charge is -2.15. The summed E-state index contributed by atoms with van der Waals surface area (Å²) in [6.07, 6.45) is 1.71. The first-order valence-corrected chi connectivity index (χ1v) is 11.1. The highest BCUT2D eigenvalue weighted by atomic mass is 16.5. The number of aryl methyl sites for hydroxylation is 1. The van der Waals surface area contributed by atoms with Gasteiger partial charge in [-0.1, -0.05) is 71.9 Å². The maximum absolute atomic E-state index is 13.3. The number of hydrogen-bond donors (Lipinski definition) is 0. The van der Waals surface area contributed by atoms with Gasteiger partial charge in [0.15, 0.2) is 0 Å². The summed E-state index contributed by atoms with van der Waals surface area (Å²) in [6, 6.07) is 27.1. The first-order valence-electron chi connectivity index (χ1n) is 11.1. The van der Waals surface area contributed by atoms with Crippen LogP contribution in [-0.2, 0) is 17.9 Å². The van der Waals surface area contributed by atoms with Crippen LogP contribution in [0.5, 0.6) is 0 Å². The van der Waals surface area contributed by atoms with Crippen LogP contribution < -0.4 is 0 Å². The van der Waals surface area contributed by atoms with Gasteiger partial charge in [-0.25, -0.2) is 9.48 Å². The van der Waals surface area contributed by atoms with Crippen molar-refractivity contribution in [3.8, 4) is 17.2 Å². The predicted octanol–water partition coefficient (Wildman–Crippen LogP) is 5.08. The maximum atomic E-state index is 13.3. The van der Waals surface area contributed by atoms with E-state index in [-0.39, 0.29) is 6.61 Å². The lowest BCUT2D eigenvalue weighted by molar-refractivity contribution is 0.0467. The third-order valence-corrected chi connectivity index (χ3v) is 5.75. The molecule has 2 heterocycles. The van der Waals surface area contributed by atoms with Crippen molar-refractivity contribution < 1.29 is 9.53 Å². The number of nitriles is 1. The number of pyridine rings is 1.